The number of carbonyl (C=O) groups is 1. The average Bonchev–Trinajstić information content (AvgIpc) is 3.18. The summed E-state index contributed by atoms with van der Waals surface area (Å²) in [6.07, 6.45) is 3.81. The summed E-state index contributed by atoms with van der Waals surface area (Å²) in [5, 5.41) is 0. The van der Waals surface area contributed by atoms with Gasteiger partial charge in [-0.3, -0.25) is 10.2 Å². The van der Waals surface area contributed by atoms with Gasteiger partial charge in [0.05, 0.1) is 12.3 Å². The summed E-state index contributed by atoms with van der Waals surface area (Å²) < 4.78 is 5.51. The van der Waals surface area contributed by atoms with Crippen molar-refractivity contribution in [1.82, 2.24) is 10.4 Å². The highest BCUT2D eigenvalue weighted by Crippen LogP contribution is 2.32. The van der Waals surface area contributed by atoms with Crippen LogP contribution in [-0.4, -0.2) is 17.5 Å². The van der Waals surface area contributed by atoms with Gasteiger partial charge in [-0.2, -0.15) is 0 Å². The van der Waals surface area contributed by atoms with Gasteiger partial charge < -0.3 is 4.74 Å². The van der Waals surface area contributed by atoms with Crippen molar-refractivity contribution < 1.29 is 9.53 Å². The summed E-state index contributed by atoms with van der Waals surface area (Å²) in [6, 6.07) is 5.23. The molecule has 1 saturated carbocycles. The molecule has 1 aliphatic rings. The first kappa shape index (κ1) is 12.0. The van der Waals surface area contributed by atoms with Crippen LogP contribution < -0.4 is 11.3 Å². The fourth-order valence-electron chi connectivity index (χ4n) is 1.59. The van der Waals surface area contributed by atoms with E-state index in [-0.39, 0.29) is 5.91 Å². The maximum absolute atomic E-state index is 11.3. The van der Waals surface area contributed by atoms with Gasteiger partial charge in [-0.25, -0.2) is 10.8 Å². The highest BCUT2D eigenvalue weighted by atomic mass is 16.5. The Balaban J connectivity index is 1.80. The molecule has 0 unspecified atom stereocenters. The lowest BCUT2D eigenvalue weighted by Crippen LogP contribution is -2.30. The van der Waals surface area contributed by atoms with E-state index in [2.05, 4.69) is 10.4 Å². The summed E-state index contributed by atoms with van der Waals surface area (Å²) >= 11 is 0. The first-order chi connectivity index (χ1) is 8.29. The lowest BCUT2D eigenvalue weighted by molar-refractivity contribution is 0.0945. The van der Waals surface area contributed by atoms with Crippen molar-refractivity contribution in [3.63, 3.8) is 0 Å². The number of rotatable bonds is 6. The van der Waals surface area contributed by atoms with Crippen molar-refractivity contribution in [1.29, 1.82) is 0 Å². The molecule has 1 aromatic rings. The number of nitrogen functional groups attached to an aromatic ring is 1. The lowest BCUT2D eigenvalue weighted by atomic mass is 10.3. The highest BCUT2D eigenvalue weighted by Gasteiger charge is 2.20. The second-order valence-electron chi connectivity index (χ2n) is 4.27. The molecule has 3 N–H and O–H groups in total. The second kappa shape index (κ2) is 5.75. The van der Waals surface area contributed by atoms with Gasteiger partial charge in [0.15, 0.2) is 0 Å². The molecule has 5 heteroatoms. The summed E-state index contributed by atoms with van der Waals surface area (Å²) in [5.74, 6) is 5.53. The molecule has 0 spiro atoms. The zero-order valence-corrected chi connectivity index (χ0v) is 9.69. The number of ether oxygens (including phenoxy) is 1. The quantitative estimate of drug-likeness (QED) is 0.334. The Morgan fingerprint density at radius 1 is 1.53 bits per heavy atom. The van der Waals surface area contributed by atoms with Gasteiger partial charge in [0, 0.05) is 6.61 Å². The van der Waals surface area contributed by atoms with Crippen LogP contribution in [0, 0.1) is 5.92 Å². The lowest BCUT2D eigenvalue weighted by Gasteiger charge is -2.05. The molecule has 0 bridgehead atoms. The first-order valence-electron chi connectivity index (χ1n) is 5.84. The summed E-state index contributed by atoms with van der Waals surface area (Å²) in [4.78, 5) is 15.4. The van der Waals surface area contributed by atoms with Crippen molar-refractivity contribution in [3.05, 3.63) is 29.6 Å². The molecule has 5 nitrogen and oxygen atoms in total. The van der Waals surface area contributed by atoms with E-state index in [9.17, 15) is 4.79 Å². The zero-order valence-electron chi connectivity index (χ0n) is 9.69. The van der Waals surface area contributed by atoms with Crippen LogP contribution in [0.3, 0.4) is 0 Å². The van der Waals surface area contributed by atoms with Crippen molar-refractivity contribution in [2.75, 3.05) is 6.61 Å². The van der Waals surface area contributed by atoms with E-state index < -0.39 is 0 Å². The van der Waals surface area contributed by atoms with E-state index >= 15 is 0 Å². The van der Waals surface area contributed by atoms with Crippen molar-refractivity contribution >= 4 is 5.91 Å². The first-order valence-corrected chi connectivity index (χ1v) is 5.84. The van der Waals surface area contributed by atoms with Gasteiger partial charge in [-0.05, 0) is 24.5 Å². The van der Waals surface area contributed by atoms with Crippen molar-refractivity contribution in [3.8, 4) is 0 Å². The van der Waals surface area contributed by atoms with Crippen LogP contribution >= 0.6 is 0 Å². The molecule has 0 saturated heterocycles. The van der Waals surface area contributed by atoms with E-state index in [0.29, 0.717) is 12.3 Å². The monoisotopic (exact) mass is 235 g/mol. The Hall–Kier alpha value is -1.46. The number of hydrazine groups is 1. The molecule has 92 valence electrons. The fourth-order valence-corrected chi connectivity index (χ4v) is 1.59. The Morgan fingerprint density at radius 2 is 2.35 bits per heavy atom. The molecular weight excluding hydrogens is 218 g/mol. The van der Waals surface area contributed by atoms with Gasteiger partial charge in [-0.15, -0.1) is 0 Å². The number of hydrogen-bond donors (Lipinski definition) is 2. The molecule has 1 fully saturated rings. The normalized spacial score (nSPS) is 14.6. The minimum absolute atomic E-state index is 0.316. The summed E-state index contributed by atoms with van der Waals surface area (Å²) in [6.45, 7) is 1.21. The van der Waals surface area contributed by atoms with E-state index in [1.54, 1.807) is 12.1 Å². The topological polar surface area (TPSA) is 77.2 Å². The molecule has 1 aromatic heterocycles. The van der Waals surface area contributed by atoms with Gasteiger partial charge >= 0.3 is 0 Å². The standard InChI is InChI=1S/C12H17N3O2/c13-15-12(16)11-3-1-2-10(14-11)8-17-7-6-9-4-5-9/h1-3,9H,4-8,13H2,(H,15,16). The third-order valence-electron chi connectivity index (χ3n) is 2.79. The third-order valence-corrected chi connectivity index (χ3v) is 2.79. The molecule has 0 aromatic carbocycles. The Labute approximate surface area is 100 Å². The smallest absolute Gasteiger partial charge is 0.283 e. The second-order valence-corrected chi connectivity index (χ2v) is 4.27. The molecule has 2 rings (SSSR count). The molecule has 1 amide bonds. The predicted molar refractivity (Wildman–Crippen MR) is 62.9 cm³/mol. The molecular formula is C12H17N3O2. The van der Waals surface area contributed by atoms with E-state index in [1.165, 1.54) is 12.8 Å². The Morgan fingerprint density at radius 3 is 3.06 bits per heavy atom. The van der Waals surface area contributed by atoms with Crippen LogP contribution in [0.5, 0.6) is 0 Å². The predicted octanol–water partition coefficient (Wildman–Crippen LogP) is 1.00. The molecule has 0 atom stereocenters. The average molecular weight is 235 g/mol. The summed E-state index contributed by atoms with van der Waals surface area (Å²) in [7, 11) is 0. The van der Waals surface area contributed by atoms with Crippen molar-refractivity contribution in [2.45, 2.75) is 25.9 Å². The van der Waals surface area contributed by atoms with Crippen molar-refractivity contribution in [2.24, 2.45) is 11.8 Å². The van der Waals surface area contributed by atoms with E-state index in [4.69, 9.17) is 10.6 Å². The number of nitrogens with zero attached hydrogens (tertiary/aromatic N) is 1. The fraction of sp³-hybridized carbons (Fsp3) is 0.500. The maximum Gasteiger partial charge on any atom is 0.283 e. The maximum atomic E-state index is 11.3. The summed E-state index contributed by atoms with van der Waals surface area (Å²) in [5.41, 5.74) is 3.12. The number of hydrogen-bond acceptors (Lipinski definition) is 4. The Kier molecular flexibility index (Phi) is 4.06. The van der Waals surface area contributed by atoms with Gasteiger partial charge in [0.1, 0.15) is 5.69 Å². The molecule has 0 aliphatic heterocycles. The highest BCUT2D eigenvalue weighted by molar-refractivity contribution is 5.91. The third kappa shape index (κ3) is 3.80. The van der Waals surface area contributed by atoms with Crippen LogP contribution in [0.1, 0.15) is 35.4 Å². The molecule has 17 heavy (non-hydrogen) atoms. The SMILES string of the molecule is NNC(=O)c1cccc(COCCC2CC2)n1. The van der Waals surface area contributed by atoms with Crippen LogP contribution in [0.2, 0.25) is 0 Å². The largest absolute Gasteiger partial charge is 0.375 e. The molecule has 1 heterocycles. The minimum Gasteiger partial charge on any atom is -0.375 e. The molecule has 0 radical (unpaired) electrons. The van der Waals surface area contributed by atoms with Gasteiger partial charge in [-0.1, -0.05) is 18.9 Å². The zero-order chi connectivity index (χ0) is 12.1. The number of amides is 1. The number of aromatic nitrogens is 1. The van der Waals surface area contributed by atoms with E-state index in [0.717, 1.165) is 24.6 Å². The van der Waals surface area contributed by atoms with Crippen LogP contribution in [0.25, 0.3) is 0 Å². The van der Waals surface area contributed by atoms with Gasteiger partial charge in [0.25, 0.3) is 5.91 Å². The van der Waals surface area contributed by atoms with Crippen LogP contribution in [-0.2, 0) is 11.3 Å². The molecule has 1 aliphatic carbocycles. The minimum atomic E-state index is -0.384. The van der Waals surface area contributed by atoms with Gasteiger partial charge in [0.2, 0.25) is 0 Å². The van der Waals surface area contributed by atoms with Crippen LogP contribution in [0.15, 0.2) is 18.2 Å². The Bertz CT molecular complexity index is 391. The number of nitrogens with one attached hydrogen (secondary N) is 1. The van der Waals surface area contributed by atoms with Crippen LogP contribution in [0.4, 0.5) is 0 Å². The number of pyridine rings is 1. The number of carbonyl (C=O) groups excluding carboxylic acids is 1. The van der Waals surface area contributed by atoms with E-state index in [1.807, 2.05) is 6.07 Å². The number of nitrogens with two attached hydrogens (primary N) is 1.